The molecule has 0 aliphatic carbocycles. The third-order valence-electron chi connectivity index (χ3n) is 3.23. The van der Waals surface area contributed by atoms with Crippen molar-refractivity contribution in [2.75, 3.05) is 0 Å². The highest BCUT2D eigenvalue weighted by molar-refractivity contribution is 9.11. The standard InChI is InChI=1S/C17H17Br2NO2/c1-11(13-6-4-3-5-7-13)20-17(21)12(2)22-16-9-8-14(18)10-15(16)19/h3-12H,1-2H3,(H,20,21). The highest BCUT2D eigenvalue weighted by Gasteiger charge is 2.18. The van der Waals surface area contributed by atoms with Gasteiger partial charge in [0.05, 0.1) is 10.5 Å². The molecule has 0 aliphatic heterocycles. The number of carbonyl (C=O) groups excluding carboxylic acids is 1. The molecule has 0 bridgehead atoms. The van der Waals surface area contributed by atoms with E-state index in [1.807, 2.05) is 55.5 Å². The lowest BCUT2D eigenvalue weighted by atomic mass is 10.1. The summed E-state index contributed by atoms with van der Waals surface area (Å²) in [6.07, 6.45) is -0.580. The molecule has 22 heavy (non-hydrogen) atoms. The average Bonchev–Trinajstić information content (AvgIpc) is 2.50. The van der Waals surface area contributed by atoms with Gasteiger partial charge in [-0.1, -0.05) is 46.3 Å². The van der Waals surface area contributed by atoms with Gasteiger partial charge in [-0.25, -0.2) is 0 Å². The van der Waals surface area contributed by atoms with Gasteiger partial charge in [0, 0.05) is 4.47 Å². The number of benzene rings is 2. The first-order valence-electron chi connectivity index (χ1n) is 6.94. The van der Waals surface area contributed by atoms with Crippen molar-refractivity contribution in [2.24, 2.45) is 0 Å². The number of rotatable bonds is 5. The molecule has 0 spiro atoms. The van der Waals surface area contributed by atoms with Gasteiger partial charge < -0.3 is 10.1 Å². The third kappa shape index (κ3) is 4.58. The molecule has 2 rings (SSSR count). The summed E-state index contributed by atoms with van der Waals surface area (Å²) in [5.74, 6) is 0.490. The summed E-state index contributed by atoms with van der Waals surface area (Å²) in [7, 11) is 0. The Labute approximate surface area is 147 Å². The minimum absolute atomic E-state index is 0.0619. The van der Waals surface area contributed by atoms with Crippen LogP contribution in [0.3, 0.4) is 0 Å². The number of ether oxygens (including phenoxy) is 1. The van der Waals surface area contributed by atoms with Crippen LogP contribution in [-0.4, -0.2) is 12.0 Å². The Balaban J connectivity index is 1.97. The van der Waals surface area contributed by atoms with E-state index in [-0.39, 0.29) is 11.9 Å². The van der Waals surface area contributed by atoms with Crippen LogP contribution in [0.25, 0.3) is 0 Å². The molecule has 0 saturated carbocycles. The zero-order chi connectivity index (χ0) is 16.1. The van der Waals surface area contributed by atoms with Crippen LogP contribution in [0.2, 0.25) is 0 Å². The first-order chi connectivity index (χ1) is 10.5. The number of halogens is 2. The molecule has 116 valence electrons. The fraction of sp³-hybridized carbons (Fsp3) is 0.235. The van der Waals surface area contributed by atoms with E-state index in [1.54, 1.807) is 6.92 Å². The van der Waals surface area contributed by atoms with E-state index in [0.717, 1.165) is 14.5 Å². The van der Waals surface area contributed by atoms with Crippen LogP contribution in [-0.2, 0) is 4.79 Å². The van der Waals surface area contributed by atoms with Crippen LogP contribution in [0.1, 0.15) is 25.5 Å². The summed E-state index contributed by atoms with van der Waals surface area (Å²) in [5.41, 5.74) is 1.06. The molecular formula is C17H17Br2NO2. The maximum absolute atomic E-state index is 12.2. The molecule has 2 unspecified atom stereocenters. The minimum atomic E-state index is -0.580. The Kier molecular flexibility index (Phi) is 6.03. The van der Waals surface area contributed by atoms with Crippen LogP contribution in [0.4, 0.5) is 0 Å². The van der Waals surface area contributed by atoms with Crippen LogP contribution < -0.4 is 10.1 Å². The predicted octanol–water partition coefficient (Wildman–Crippen LogP) is 4.86. The molecule has 2 aromatic rings. The van der Waals surface area contributed by atoms with Crippen molar-refractivity contribution in [3.05, 3.63) is 63.0 Å². The Morgan fingerprint density at radius 1 is 1.09 bits per heavy atom. The highest BCUT2D eigenvalue weighted by atomic mass is 79.9. The Bertz CT molecular complexity index is 646. The first-order valence-corrected chi connectivity index (χ1v) is 8.53. The topological polar surface area (TPSA) is 38.3 Å². The molecule has 1 amide bonds. The van der Waals surface area contributed by atoms with E-state index in [9.17, 15) is 4.79 Å². The van der Waals surface area contributed by atoms with Gasteiger partial charge >= 0.3 is 0 Å². The lowest BCUT2D eigenvalue weighted by Gasteiger charge is -2.19. The van der Waals surface area contributed by atoms with Crippen molar-refractivity contribution >= 4 is 37.8 Å². The second-order valence-electron chi connectivity index (χ2n) is 4.98. The van der Waals surface area contributed by atoms with Crippen molar-refractivity contribution in [2.45, 2.75) is 26.0 Å². The molecule has 0 fully saturated rings. The van der Waals surface area contributed by atoms with Crippen LogP contribution in [0, 0.1) is 0 Å². The van der Waals surface area contributed by atoms with Crippen LogP contribution in [0.5, 0.6) is 5.75 Å². The van der Waals surface area contributed by atoms with Gasteiger partial charge in [0.1, 0.15) is 5.75 Å². The summed E-state index contributed by atoms with van der Waals surface area (Å²) in [4.78, 5) is 12.2. The lowest BCUT2D eigenvalue weighted by Crippen LogP contribution is -2.37. The van der Waals surface area contributed by atoms with Crippen LogP contribution in [0.15, 0.2) is 57.5 Å². The van der Waals surface area contributed by atoms with Crippen LogP contribution >= 0.6 is 31.9 Å². The second kappa shape index (κ2) is 7.79. The van der Waals surface area contributed by atoms with Gasteiger partial charge in [-0.05, 0) is 53.5 Å². The molecule has 0 heterocycles. The molecule has 0 aromatic heterocycles. The average molecular weight is 427 g/mol. The van der Waals surface area contributed by atoms with E-state index in [2.05, 4.69) is 37.2 Å². The summed E-state index contributed by atoms with van der Waals surface area (Å²) in [6, 6.07) is 15.3. The first kappa shape index (κ1) is 17.0. The predicted molar refractivity (Wildman–Crippen MR) is 94.9 cm³/mol. The summed E-state index contributed by atoms with van der Waals surface area (Å²) in [5, 5.41) is 2.96. The molecule has 0 saturated heterocycles. The van der Waals surface area contributed by atoms with Gasteiger partial charge in [0.2, 0.25) is 0 Å². The number of nitrogens with one attached hydrogen (secondary N) is 1. The van der Waals surface area contributed by atoms with Gasteiger partial charge in [-0.2, -0.15) is 0 Å². The number of hydrogen-bond donors (Lipinski definition) is 1. The van der Waals surface area contributed by atoms with Crippen molar-refractivity contribution < 1.29 is 9.53 Å². The van der Waals surface area contributed by atoms with E-state index < -0.39 is 6.10 Å². The lowest BCUT2D eigenvalue weighted by molar-refractivity contribution is -0.127. The van der Waals surface area contributed by atoms with E-state index in [4.69, 9.17) is 4.74 Å². The zero-order valence-corrected chi connectivity index (χ0v) is 15.5. The number of amides is 1. The monoisotopic (exact) mass is 425 g/mol. The highest BCUT2D eigenvalue weighted by Crippen LogP contribution is 2.29. The molecular weight excluding hydrogens is 410 g/mol. The van der Waals surface area contributed by atoms with E-state index in [0.29, 0.717) is 5.75 Å². The Morgan fingerprint density at radius 3 is 2.41 bits per heavy atom. The zero-order valence-electron chi connectivity index (χ0n) is 12.3. The van der Waals surface area contributed by atoms with Crippen molar-refractivity contribution in [3.8, 4) is 5.75 Å². The van der Waals surface area contributed by atoms with Gasteiger partial charge in [-0.15, -0.1) is 0 Å². The van der Waals surface area contributed by atoms with Gasteiger partial charge in [0.25, 0.3) is 5.91 Å². The molecule has 0 radical (unpaired) electrons. The van der Waals surface area contributed by atoms with E-state index in [1.165, 1.54) is 0 Å². The Morgan fingerprint density at radius 2 is 1.77 bits per heavy atom. The quantitative estimate of drug-likeness (QED) is 0.741. The summed E-state index contributed by atoms with van der Waals surface area (Å²) < 4.78 is 7.47. The largest absolute Gasteiger partial charge is 0.480 e. The number of hydrogen-bond acceptors (Lipinski definition) is 2. The number of carbonyl (C=O) groups is 1. The fourth-order valence-electron chi connectivity index (χ4n) is 1.97. The SMILES string of the molecule is CC(Oc1ccc(Br)cc1Br)C(=O)NC(C)c1ccccc1. The molecule has 2 aromatic carbocycles. The maximum Gasteiger partial charge on any atom is 0.261 e. The summed E-state index contributed by atoms with van der Waals surface area (Å²) >= 11 is 6.81. The van der Waals surface area contributed by atoms with Gasteiger partial charge in [-0.3, -0.25) is 4.79 Å². The minimum Gasteiger partial charge on any atom is -0.480 e. The van der Waals surface area contributed by atoms with Gasteiger partial charge in [0.15, 0.2) is 6.10 Å². The fourth-order valence-corrected chi connectivity index (χ4v) is 3.11. The van der Waals surface area contributed by atoms with Crippen molar-refractivity contribution in [1.82, 2.24) is 5.32 Å². The maximum atomic E-state index is 12.2. The third-order valence-corrected chi connectivity index (χ3v) is 4.34. The van der Waals surface area contributed by atoms with Crippen molar-refractivity contribution in [1.29, 1.82) is 0 Å². The molecule has 0 aliphatic rings. The molecule has 1 N–H and O–H groups in total. The second-order valence-corrected chi connectivity index (χ2v) is 6.75. The summed E-state index contributed by atoms with van der Waals surface area (Å²) in [6.45, 7) is 3.69. The van der Waals surface area contributed by atoms with E-state index >= 15 is 0 Å². The molecule has 3 nitrogen and oxygen atoms in total. The van der Waals surface area contributed by atoms with Crippen molar-refractivity contribution in [3.63, 3.8) is 0 Å². The smallest absolute Gasteiger partial charge is 0.261 e. The Hall–Kier alpha value is -1.33. The molecule has 5 heteroatoms. The normalized spacial score (nSPS) is 13.3. The molecule has 2 atom stereocenters.